The van der Waals surface area contributed by atoms with E-state index in [2.05, 4.69) is 48.0 Å². The van der Waals surface area contributed by atoms with Crippen LogP contribution < -0.4 is 5.32 Å². The minimum Gasteiger partial charge on any atom is -0.352 e. The molecule has 0 saturated carbocycles. The van der Waals surface area contributed by atoms with Crippen molar-refractivity contribution in [2.24, 2.45) is 0 Å². The second-order valence-corrected chi connectivity index (χ2v) is 8.09. The summed E-state index contributed by atoms with van der Waals surface area (Å²) in [5.74, 6) is 1.23. The summed E-state index contributed by atoms with van der Waals surface area (Å²) in [5.41, 5.74) is 4.70. The first-order valence-corrected chi connectivity index (χ1v) is 10.6. The molecule has 0 spiro atoms. The lowest BCUT2D eigenvalue weighted by atomic mass is 9.88. The number of hydrogen-bond donors (Lipinski definition) is 1. The van der Waals surface area contributed by atoms with Crippen LogP contribution in [0.2, 0.25) is 0 Å². The second kappa shape index (κ2) is 8.64. The molecular weight excluding hydrogens is 358 g/mol. The lowest BCUT2D eigenvalue weighted by Gasteiger charge is -2.28. The number of nitrogens with one attached hydrogen (secondary N) is 1. The first-order valence-electron chi connectivity index (χ1n) is 10.6. The maximum absolute atomic E-state index is 12.9. The van der Waals surface area contributed by atoms with Crippen LogP contribution in [-0.4, -0.2) is 15.5 Å². The molecule has 1 N–H and O–H groups in total. The van der Waals surface area contributed by atoms with E-state index in [9.17, 15) is 4.79 Å². The standard InChI is InChI=1S/C25H29N3O/c1-18-9-6-7-13-21(18)22(15-25(29)27-16-20-11-4-3-5-12-20)23-17-26-24-14-8-10-19(2)28(23)24/h3-7,9,11-13,17,19,22H,8,10,14-16H2,1-2H3,(H,27,29)/t19-,22+/m1/s1. The van der Waals surface area contributed by atoms with Crippen molar-refractivity contribution in [1.82, 2.24) is 14.9 Å². The van der Waals surface area contributed by atoms with Crippen molar-refractivity contribution in [2.75, 3.05) is 0 Å². The first-order chi connectivity index (χ1) is 14.1. The van der Waals surface area contributed by atoms with Crippen molar-refractivity contribution in [3.05, 3.63) is 89.0 Å². The van der Waals surface area contributed by atoms with Crippen LogP contribution in [0.15, 0.2) is 60.8 Å². The second-order valence-electron chi connectivity index (χ2n) is 8.09. The molecule has 0 aliphatic carbocycles. The zero-order valence-electron chi connectivity index (χ0n) is 17.3. The third kappa shape index (κ3) is 4.26. The number of fused-ring (bicyclic) bond motifs is 1. The van der Waals surface area contributed by atoms with Gasteiger partial charge in [-0.2, -0.15) is 0 Å². The average Bonchev–Trinajstić information content (AvgIpc) is 3.17. The van der Waals surface area contributed by atoms with E-state index in [0.717, 1.165) is 29.9 Å². The fraction of sp³-hybridized carbons (Fsp3) is 0.360. The van der Waals surface area contributed by atoms with E-state index in [0.29, 0.717) is 19.0 Å². The van der Waals surface area contributed by atoms with E-state index < -0.39 is 0 Å². The number of nitrogens with zero attached hydrogens (tertiary/aromatic N) is 2. The summed E-state index contributed by atoms with van der Waals surface area (Å²) >= 11 is 0. The van der Waals surface area contributed by atoms with E-state index in [-0.39, 0.29) is 11.8 Å². The highest BCUT2D eigenvalue weighted by Gasteiger charge is 2.28. The van der Waals surface area contributed by atoms with Gasteiger partial charge in [-0.05, 0) is 43.4 Å². The molecule has 0 bridgehead atoms. The number of aryl methyl sites for hydroxylation is 2. The molecule has 29 heavy (non-hydrogen) atoms. The average molecular weight is 388 g/mol. The van der Waals surface area contributed by atoms with Crippen LogP contribution in [0.5, 0.6) is 0 Å². The summed E-state index contributed by atoms with van der Waals surface area (Å²) in [6.07, 6.45) is 5.79. The van der Waals surface area contributed by atoms with Gasteiger partial charge in [-0.1, -0.05) is 54.6 Å². The summed E-state index contributed by atoms with van der Waals surface area (Å²) in [7, 11) is 0. The minimum atomic E-state index is 0.00812. The summed E-state index contributed by atoms with van der Waals surface area (Å²) < 4.78 is 2.38. The number of aromatic nitrogens is 2. The molecule has 0 radical (unpaired) electrons. The van der Waals surface area contributed by atoms with E-state index in [4.69, 9.17) is 4.98 Å². The zero-order valence-corrected chi connectivity index (χ0v) is 17.3. The molecule has 0 fully saturated rings. The molecule has 2 aromatic carbocycles. The molecular formula is C25H29N3O. The highest BCUT2D eigenvalue weighted by molar-refractivity contribution is 5.77. The third-order valence-electron chi connectivity index (χ3n) is 6.01. The molecule has 0 unspecified atom stereocenters. The third-order valence-corrected chi connectivity index (χ3v) is 6.01. The number of hydrogen-bond acceptors (Lipinski definition) is 2. The van der Waals surface area contributed by atoms with Crippen molar-refractivity contribution >= 4 is 5.91 Å². The van der Waals surface area contributed by atoms with E-state index in [1.54, 1.807) is 0 Å². The molecule has 2 atom stereocenters. The maximum atomic E-state index is 12.9. The predicted octanol–water partition coefficient (Wildman–Crippen LogP) is 4.93. The van der Waals surface area contributed by atoms with Crippen molar-refractivity contribution in [1.29, 1.82) is 0 Å². The normalized spacial score (nSPS) is 16.8. The number of rotatable bonds is 6. The van der Waals surface area contributed by atoms with Crippen LogP contribution in [-0.2, 0) is 17.8 Å². The van der Waals surface area contributed by atoms with Gasteiger partial charge >= 0.3 is 0 Å². The van der Waals surface area contributed by atoms with Gasteiger partial charge in [0.25, 0.3) is 0 Å². The van der Waals surface area contributed by atoms with Crippen LogP contribution in [0.25, 0.3) is 0 Å². The van der Waals surface area contributed by atoms with Crippen LogP contribution in [0.4, 0.5) is 0 Å². The molecule has 1 aromatic heterocycles. The van der Waals surface area contributed by atoms with Gasteiger partial charge in [-0.25, -0.2) is 4.98 Å². The van der Waals surface area contributed by atoms with Crippen molar-refractivity contribution in [3.8, 4) is 0 Å². The van der Waals surface area contributed by atoms with Crippen LogP contribution >= 0.6 is 0 Å². The Morgan fingerprint density at radius 2 is 1.93 bits per heavy atom. The first kappa shape index (κ1) is 19.4. The van der Waals surface area contributed by atoms with Gasteiger partial charge in [-0.15, -0.1) is 0 Å². The number of imidazole rings is 1. The topological polar surface area (TPSA) is 46.9 Å². The maximum Gasteiger partial charge on any atom is 0.221 e. The Kier molecular flexibility index (Phi) is 5.79. The van der Waals surface area contributed by atoms with Gasteiger partial charge in [0.2, 0.25) is 5.91 Å². The van der Waals surface area contributed by atoms with Crippen molar-refractivity contribution in [2.45, 2.75) is 58.0 Å². The fourth-order valence-corrected chi connectivity index (χ4v) is 4.46. The van der Waals surface area contributed by atoms with Crippen LogP contribution in [0, 0.1) is 6.92 Å². The summed E-state index contributed by atoms with van der Waals surface area (Å²) in [6.45, 7) is 4.94. The molecule has 1 amide bonds. The Bertz CT molecular complexity index is 977. The van der Waals surface area contributed by atoms with Crippen LogP contribution in [0.1, 0.15) is 66.4 Å². The predicted molar refractivity (Wildman–Crippen MR) is 116 cm³/mol. The number of amides is 1. The van der Waals surface area contributed by atoms with Gasteiger partial charge in [0.05, 0.1) is 0 Å². The number of carbonyl (C=O) groups excluding carboxylic acids is 1. The largest absolute Gasteiger partial charge is 0.352 e. The highest BCUT2D eigenvalue weighted by atomic mass is 16.1. The Hall–Kier alpha value is -2.88. The van der Waals surface area contributed by atoms with Crippen molar-refractivity contribution in [3.63, 3.8) is 0 Å². The summed E-state index contributed by atoms with van der Waals surface area (Å²) in [6, 6.07) is 18.9. The van der Waals surface area contributed by atoms with Gasteiger partial charge in [0.1, 0.15) is 5.82 Å². The van der Waals surface area contributed by atoms with Gasteiger partial charge in [0.15, 0.2) is 0 Å². The Morgan fingerprint density at radius 3 is 2.72 bits per heavy atom. The van der Waals surface area contributed by atoms with Gasteiger partial charge in [-0.3, -0.25) is 4.79 Å². The fourth-order valence-electron chi connectivity index (χ4n) is 4.46. The monoisotopic (exact) mass is 387 g/mol. The number of benzene rings is 2. The van der Waals surface area contributed by atoms with Gasteiger partial charge < -0.3 is 9.88 Å². The Morgan fingerprint density at radius 1 is 1.17 bits per heavy atom. The molecule has 1 aliphatic rings. The van der Waals surface area contributed by atoms with E-state index in [1.165, 1.54) is 17.5 Å². The molecule has 4 heteroatoms. The van der Waals surface area contributed by atoms with E-state index in [1.807, 2.05) is 36.5 Å². The smallest absolute Gasteiger partial charge is 0.221 e. The lowest BCUT2D eigenvalue weighted by molar-refractivity contribution is -0.121. The molecule has 4 nitrogen and oxygen atoms in total. The number of carbonyl (C=O) groups is 1. The van der Waals surface area contributed by atoms with Gasteiger partial charge in [0, 0.05) is 43.2 Å². The van der Waals surface area contributed by atoms with Crippen LogP contribution in [0.3, 0.4) is 0 Å². The van der Waals surface area contributed by atoms with E-state index >= 15 is 0 Å². The SMILES string of the molecule is Cc1ccccc1[C@H](CC(=O)NCc1ccccc1)c1cnc2n1[C@H](C)CCC2. The summed E-state index contributed by atoms with van der Waals surface area (Å²) in [5, 5.41) is 3.10. The zero-order chi connectivity index (χ0) is 20.2. The van der Waals surface area contributed by atoms with Crippen molar-refractivity contribution < 1.29 is 4.79 Å². The molecule has 4 rings (SSSR count). The minimum absolute atomic E-state index is 0.00812. The Labute approximate surface area is 173 Å². The lowest BCUT2D eigenvalue weighted by Crippen LogP contribution is -2.27. The molecule has 3 aromatic rings. The Balaban J connectivity index is 1.61. The molecule has 2 heterocycles. The molecule has 150 valence electrons. The molecule has 0 saturated heterocycles. The summed E-state index contributed by atoms with van der Waals surface area (Å²) in [4.78, 5) is 17.6. The highest BCUT2D eigenvalue weighted by Crippen LogP contribution is 2.35. The quantitative estimate of drug-likeness (QED) is 0.652. The molecule has 1 aliphatic heterocycles.